The summed E-state index contributed by atoms with van der Waals surface area (Å²) in [6.07, 6.45) is -9.28. The molecule has 0 saturated carbocycles. The number of rotatable bonds is 0. The fraction of sp³-hybridized carbons (Fsp3) is 0.500. The van der Waals surface area contributed by atoms with E-state index < -0.39 is 27.6 Å². The zero-order valence-electron chi connectivity index (χ0n) is 7.33. The smallest absolute Gasteiger partial charge is 0.170 e. The quantitative estimate of drug-likeness (QED) is 0.452. The molecule has 8 heteroatoms. The molecule has 16 heavy (non-hydrogen) atoms. The van der Waals surface area contributed by atoms with Crippen LogP contribution in [0.25, 0.3) is 0 Å². The van der Waals surface area contributed by atoms with Crippen LogP contribution in [0.2, 0.25) is 0 Å². The average molecular weight is 329 g/mol. The third-order valence-corrected chi connectivity index (χ3v) is 3.43. The van der Waals surface area contributed by atoms with Gasteiger partial charge in [0.1, 0.15) is 0 Å². The molecule has 0 heterocycles. The van der Waals surface area contributed by atoms with Gasteiger partial charge in [0.25, 0.3) is 0 Å². The molecule has 1 atom stereocenters. The van der Waals surface area contributed by atoms with E-state index in [9.17, 15) is 26.3 Å². The van der Waals surface area contributed by atoms with Crippen molar-refractivity contribution in [2.75, 3.05) is 0 Å². The molecule has 0 radical (unpaired) electrons. The lowest BCUT2D eigenvalue weighted by Crippen LogP contribution is -2.54. The summed E-state index contributed by atoms with van der Waals surface area (Å²) < 4.78 is 75.8. The normalized spacial score (nSPS) is 25.5. The number of halogens is 8. The van der Waals surface area contributed by atoms with Crippen LogP contribution >= 0.6 is 27.5 Å². The fourth-order valence-corrected chi connectivity index (χ4v) is 2.36. The maximum absolute atomic E-state index is 12.6. The van der Waals surface area contributed by atoms with E-state index in [1.165, 1.54) is 0 Å². The lowest BCUT2D eigenvalue weighted by molar-refractivity contribution is -0.318. The zero-order chi connectivity index (χ0) is 12.8. The lowest BCUT2D eigenvalue weighted by Gasteiger charge is -2.39. The Hall–Kier alpha value is -0.170. The number of allylic oxidation sites excluding steroid dienone is 4. The number of hydrogen-bond acceptors (Lipinski definition) is 0. The first kappa shape index (κ1) is 13.9. The number of alkyl halides is 7. The van der Waals surface area contributed by atoms with E-state index >= 15 is 0 Å². The van der Waals surface area contributed by atoms with Gasteiger partial charge in [0.15, 0.2) is 5.41 Å². The molecule has 0 bridgehead atoms. The van der Waals surface area contributed by atoms with E-state index in [0.29, 0.717) is 0 Å². The first-order valence-corrected chi connectivity index (χ1v) is 5.16. The van der Waals surface area contributed by atoms with Gasteiger partial charge in [0, 0.05) is 5.03 Å². The summed E-state index contributed by atoms with van der Waals surface area (Å²) in [5.74, 6) is 0. The van der Waals surface area contributed by atoms with Gasteiger partial charge < -0.3 is 0 Å². The summed E-state index contributed by atoms with van der Waals surface area (Å²) >= 11 is 7.61. The Labute approximate surface area is 100 Å². The van der Waals surface area contributed by atoms with Gasteiger partial charge in [-0.25, -0.2) is 0 Å². The Kier molecular flexibility index (Phi) is 3.42. The topological polar surface area (TPSA) is 0 Å². The summed E-state index contributed by atoms with van der Waals surface area (Å²) in [4.78, 5) is -1.93. The molecule has 0 amide bonds. The highest BCUT2D eigenvalue weighted by atomic mass is 79.9. The third-order valence-electron chi connectivity index (χ3n) is 2.16. The summed E-state index contributed by atoms with van der Waals surface area (Å²) in [5, 5.41) is -0.592. The first-order valence-electron chi connectivity index (χ1n) is 3.86. The zero-order valence-corrected chi connectivity index (χ0v) is 9.68. The lowest BCUT2D eigenvalue weighted by atomic mass is 9.80. The Morgan fingerprint density at radius 1 is 1.12 bits per heavy atom. The molecule has 0 N–H and O–H groups in total. The molecule has 0 fully saturated rings. The summed E-state index contributed by atoms with van der Waals surface area (Å²) in [6.45, 7) is 0. The molecule has 92 valence electrons. The largest absolute Gasteiger partial charge is 0.408 e. The second-order valence-corrected chi connectivity index (χ2v) is 4.58. The van der Waals surface area contributed by atoms with Crippen LogP contribution in [0.3, 0.4) is 0 Å². The van der Waals surface area contributed by atoms with Crippen LogP contribution in [0, 0.1) is 5.41 Å². The van der Waals surface area contributed by atoms with Crippen LogP contribution in [-0.4, -0.2) is 17.2 Å². The monoisotopic (exact) mass is 328 g/mol. The molecular formula is C8H4BrClF6. The molecule has 1 rings (SSSR count). The van der Waals surface area contributed by atoms with Crippen molar-refractivity contribution in [2.45, 2.75) is 17.2 Å². The van der Waals surface area contributed by atoms with E-state index in [0.717, 1.165) is 12.2 Å². The second kappa shape index (κ2) is 3.94. The standard InChI is InChI=1S/C8H4BrClF6/c9-5-2-1-4(10)3-6(5,7(11,12)13)8(14,15)16/h1-3,5H. The minimum absolute atomic E-state index is 0.0199. The highest BCUT2D eigenvalue weighted by Crippen LogP contribution is 2.57. The molecule has 0 nitrogen and oxygen atoms in total. The molecular weight excluding hydrogens is 325 g/mol. The van der Waals surface area contributed by atoms with Gasteiger partial charge in [0.05, 0.1) is 4.83 Å². The summed E-state index contributed by atoms with van der Waals surface area (Å²) in [5.41, 5.74) is -3.98. The molecule has 0 aliphatic heterocycles. The van der Waals surface area contributed by atoms with Gasteiger partial charge in [-0.15, -0.1) is 0 Å². The van der Waals surface area contributed by atoms with Gasteiger partial charge in [0.2, 0.25) is 0 Å². The van der Waals surface area contributed by atoms with E-state index in [4.69, 9.17) is 11.6 Å². The van der Waals surface area contributed by atoms with Crippen LogP contribution in [0.15, 0.2) is 23.3 Å². The second-order valence-electron chi connectivity index (χ2n) is 3.15. The van der Waals surface area contributed by atoms with Gasteiger partial charge in [-0.1, -0.05) is 33.6 Å². The van der Waals surface area contributed by atoms with E-state index in [-0.39, 0.29) is 6.08 Å². The van der Waals surface area contributed by atoms with Crippen molar-refractivity contribution in [1.29, 1.82) is 0 Å². The molecule has 0 saturated heterocycles. The van der Waals surface area contributed by atoms with Crippen LogP contribution in [-0.2, 0) is 0 Å². The van der Waals surface area contributed by atoms with Crippen molar-refractivity contribution in [1.82, 2.24) is 0 Å². The molecule has 1 aliphatic rings. The third kappa shape index (κ3) is 1.99. The van der Waals surface area contributed by atoms with Gasteiger partial charge >= 0.3 is 12.4 Å². The van der Waals surface area contributed by atoms with Crippen molar-refractivity contribution in [3.63, 3.8) is 0 Å². The fourth-order valence-electron chi connectivity index (χ4n) is 1.31. The Bertz CT molecular complexity index is 325. The molecule has 0 spiro atoms. The van der Waals surface area contributed by atoms with Crippen LogP contribution in [0.5, 0.6) is 0 Å². The van der Waals surface area contributed by atoms with Crippen LogP contribution in [0.4, 0.5) is 26.3 Å². The molecule has 1 unspecified atom stereocenters. The Morgan fingerprint density at radius 3 is 1.88 bits per heavy atom. The van der Waals surface area contributed by atoms with Crippen LogP contribution in [0.1, 0.15) is 0 Å². The predicted octanol–water partition coefficient (Wildman–Crippen LogP) is 4.55. The highest BCUT2D eigenvalue weighted by molar-refractivity contribution is 9.09. The van der Waals surface area contributed by atoms with E-state index in [1.54, 1.807) is 0 Å². The minimum Gasteiger partial charge on any atom is -0.170 e. The highest BCUT2D eigenvalue weighted by Gasteiger charge is 2.72. The molecule has 0 aromatic heterocycles. The average Bonchev–Trinajstić information content (AvgIpc) is 2.04. The predicted molar refractivity (Wildman–Crippen MR) is 50.3 cm³/mol. The van der Waals surface area contributed by atoms with Crippen molar-refractivity contribution >= 4 is 27.5 Å². The maximum atomic E-state index is 12.6. The SMILES string of the molecule is FC(F)(F)C1(C(F)(F)F)C=C(Cl)C=CC1Br. The number of hydrogen-bond donors (Lipinski definition) is 0. The van der Waals surface area contributed by atoms with E-state index in [1.807, 2.05) is 0 Å². The molecule has 1 aliphatic carbocycles. The van der Waals surface area contributed by atoms with Gasteiger partial charge in [-0.05, 0) is 12.2 Å². The first-order chi connectivity index (χ1) is 7.02. The summed E-state index contributed by atoms with van der Waals surface area (Å²) in [7, 11) is 0. The summed E-state index contributed by atoms with van der Waals surface area (Å²) in [6, 6.07) is 0. The minimum atomic E-state index is -5.48. The maximum Gasteiger partial charge on any atom is 0.408 e. The van der Waals surface area contributed by atoms with Crippen molar-refractivity contribution in [3.05, 3.63) is 23.3 Å². The van der Waals surface area contributed by atoms with Crippen molar-refractivity contribution < 1.29 is 26.3 Å². The Balaban J connectivity index is 3.43. The Morgan fingerprint density at radius 2 is 1.56 bits per heavy atom. The molecule has 0 aromatic carbocycles. The van der Waals surface area contributed by atoms with Crippen molar-refractivity contribution in [2.24, 2.45) is 5.41 Å². The van der Waals surface area contributed by atoms with Crippen LogP contribution < -0.4 is 0 Å². The van der Waals surface area contributed by atoms with Gasteiger partial charge in [-0.3, -0.25) is 0 Å². The van der Waals surface area contributed by atoms with E-state index in [2.05, 4.69) is 15.9 Å². The van der Waals surface area contributed by atoms with Gasteiger partial charge in [-0.2, -0.15) is 26.3 Å². The van der Waals surface area contributed by atoms with Crippen molar-refractivity contribution in [3.8, 4) is 0 Å². The molecule has 0 aromatic rings.